The van der Waals surface area contributed by atoms with Crippen LogP contribution in [0.2, 0.25) is 0 Å². The largest absolute Gasteiger partial charge is 0.343 e. The van der Waals surface area contributed by atoms with Gasteiger partial charge in [-0.15, -0.1) is 6.58 Å². The predicted octanol–water partition coefficient (Wildman–Crippen LogP) is 4.76. The lowest BCUT2D eigenvalue weighted by Gasteiger charge is -1.99. The number of hydrogen-bond acceptors (Lipinski definition) is 2. The molecule has 114 valence electrons. The third-order valence-corrected chi connectivity index (χ3v) is 3.87. The molecule has 0 radical (unpaired) electrons. The van der Waals surface area contributed by atoms with Gasteiger partial charge in [0.15, 0.2) is 0 Å². The lowest BCUT2D eigenvalue weighted by Crippen LogP contribution is -1.91. The third-order valence-electron chi connectivity index (χ3n) is 3.87. The van der Waals surface area contributed by atoms with Crippen LogP contribution >= 0.6 is 0 Å². The average molecular weight is 309 g/mol. The minimum atomic E-state index is 0.536. The summed E-state index contributed by atoms with van der Waals surface area (Å²) in [6.07, 6.45) is 5.75. The zero-order valence-corrected chi connectivity index (χ0v) is 13.1. The number of hydrogen-bond donors (Lipinski definition) is 0. The van der Waals surface area contributed by atoms with E-state index in [1.165, 1.54) is 0 Å². The van der Waals surface area contributed by atoms with E-state index < -0.39 is 0 Å². The molecule has 0 bridgehead atoms. The summed E-state index contributed by atoms with van der Waals surface area (Å²) in [7, 11) is 0. The standard InChI is InChI=1S/C21H15N3/c1-2-10-24-15-19(20-8-3-4-9-21(20)24)12-18(14-23)17-7-5-6-16(11-17)13-22/h2-9,11-12,15H,1,10H2/b18-12+. The van der Waals surface area contributed by atoms with Gasteiger partial charge in [-0.25, -0.2) is 0 Å². The molecule has 3 aromatic rings. The molecule has 0 aliphatic heterocycles. The molecule has 1 aromatic heterocycles. The van der Waals surface area contributed by atoms with E-state index in [4.69, 9.17) is 5.26 Å². The van der Waals surface area contributed by atoms with Crippen molar-refractivity contribution in [3.63, 3.8) is 0 Å². The van der Waals surface area contributed by atoms with Gasteiger partial charge in [0.1, 0.15) is 0 Å². The summed E-state index contributed by atoms with van der Waals surface area (Å²) in [6, 6.07) is 19.5. The van der Waals surface area contributed by atoms with E-state index in [1.807, 2.05) is 42.6 Å². The molecule has 3 rings (SSSR count). The second-order valence-corrected chi connectivity index (χ2v) is 5.41. The zero-order chi connectivity index (χ0) is 16.9. The highest BCUT2D eigenvalue weighted by Crippen LogP contribution is 2.26. The monoisotopic (exact) mass is 309 g/mol. The lowest BCUT2D eigenvalue weighted by molar-refractivity contribution is 0.865. The maximum absolute atomic E-state index is 9.56. The number of nitriles is 2. The second kappa shape index (κ2) is 6.69. The Labute approximate surface area is 141 Å². The fourth-order valence-electron chi connectivity index (χ4n) is 2.77. The smallest absolute Gasteiger partial charge is 0.0998 e. The first-order valence-corrected chi connectivity index (χ1v) is 7.58. The summed E-state index contributed by atoms with van der Waals surface area (Å²) in [5.41, 5.74) is 3.91. The predicted molar refractivity (Wildman–Crippen MR) is 96.8 cm³/mol. The fraction of sp³-hybridized carbons (Fsp3) is 0.0476. The number of benzene rings is 2. The first-order valence-electron chi connectivity index (χ1n) is 7.58. The van der Waals surface area contributed by atoms with Crippen LogP contribution in [0.5, 0.6) is 0 Å². The van der Waals surface area contributed by atoms with Crippen molar-refractivity contribution in [2.24, 2.45) is 0 Å². The molecule has 24 heavy (non-hydrogen) atoms. The number of fused-ring (bicyclic) bond motifs is 1. The van der Waals surface area contributed by atoms with Gasteiger partial charge in [0, 0.05) is 29.2 Å². The van der Waals surface area contributed by atoms with Crippen molar-refractivity contribution >= 4 is 22.6 Å². The molecule has 0 N–H and O–H groups in total. The highest BCUT2D eigenvalue weighted by atomic mass is 14.9. The van der Waals surface area contributed by atoms with Crippen molar-refractivity contribution in [2.45, 2.75) is 6.54 Å². The van der Waals surface area contributed by atoms with E-state index in [-0.39, 0.29) is 0 Å². The number of allylic oxidation sites excluding steroid dienone is 2. The van der Waals surface area contributed by atoms with Gasteiger partial charge in [0.05, 0.1) is 23.3 Å². The average Bonchev–Trinajstić information content (AvgIpc) is 2.98. The maximum atomic E-state index is 9.56. The Morgan fingerprint density at radius 3 is 2.71 bits per heavy atom. The molecule has 0 aliphatic carbocycles. The quantitative estimate of drug-likeness (QED) is 0.515. The molecule has 3 nitrogen and oxygen atoms in total. The van der Waals surface area contributed by atoms with Crippen LogP contribution in [0.25, 0.3) is 22.6 Å². The van der Waals surface area contributed by atoms with Gasteiger partial charge in [0.2, 0.25) is 0 Å². The Balaban J connectivity index is 2.15. The molecule has 0 aliphatic rings. The zero-order valence-electron chi connectivity index (χ0n) is 13.1. The minimum Gasteiger partial charge on any atom is -0.343 e. The van der Waals surface area contributed by atoms with E-state index in [2.05, 4.69) is 29.4 Å². The van der Waals surface area contributed by atoms with Crippen LogP contribution in [-0.2, 0) is 6.54 Å². The molecule has 0 amide bonds. The molecule has 0 saturated carbocycles. The molecule has 0 fully saturated rings. The summed E-state index contributed by atoms with van der Waals surface area (Å²) in [5.74, 6) is 0. The molecule has 0 saturated heterocycles. The highest BCUT2D eigenvalue weighted by molar-refractivity contribution is 5.98. The van der Waals surface area contributed by atoms with E-state index in [0.29, 0.717) is 17.7 Å². The van der Waals surface area contributed by atoms with Crippen molar-refractivity contribution in [2.75, 3.05) is 0 Å². The number of para-hydroxylation sites is 1. The van der Waals surface area contributed by atoms with Crippen LogP contribution < -0.4 is 0 Å². The van der Waals surface area contributed by atoms with Crippen molar-refractivity contribution in [1.29, 1.82) is 10.5 Å². The van der Waals surface area contributed by atoms with Crippen LogP contribution in [0.15, 0.2) is 67.4 Å². The van der Waals surface area contributed by atoms with Gasteiger partial charge in [-0.05, 0) is 29.8 Å². The molecule has 0 unspecified atom stereocenters. The minimum absolute atomic E-state index is 0.536. The van der Waals surface area contributed by atoms with Gasteiger partial charge < -0.3 is 4.57 Å². The fourth-order valence-corrected chi connectivity index (χ4v) is 2.77. The first kappa shape index (κ1) is 15.3. The number of rotatable bonds is 4. The topological polar surface area (TPSA) is 52.5 Å². The van der Waals surface area contributed by atoms with E-state index in [9.17, 15) is 5.26 Å². The molecule has 3 heteroatoms. The summed E-state index contributed by atoms with van der Waals surface area (Å²) < 4.78 is 2.11. The SMILES string of the molecule is C=CCn1cc(/C=C(\C#N)c2cccc(C#N)c2)c2ccccc21. The summed E-state index contributed by atoms with van der Waals surface area (Å²) in [6.45, 7) is 4.51. The van der Waals surface area contributed by atoms with Crippen LogP contribution in [0.3, 0.4) is 0 Å². The van der Waals surface area contributed by atoms with E-state index in [1.54, 1.807) is 18.2 Å². The van der Waals surface area contributed by atoms with E-state index in [0.717, 1.165) is 22.0 Å². The second-order valence-electron chi connectivity index (χ2n) is 5.41. The van der Waals surface area contributed by atoms with Crippen molar-refractivity contribution in [1.82, 2.24) is 4.57 Å². The Bertz CT molecular complexity index is 1020. The Morgan fingerprint density at radius 2 is 1.96 bits per heavy atom. The van der Waals surface area contributed by atoms with Crippen molar-refractivity contribution in [3.05, 3.63) is 84.1 Å². The lowest BCUT2D eigenvalue weighted by atomic mass is 10.0. The Hall–Kier alpha value is -3.56. The van der Waals surface area contributed by atoms with E-state index >= 15 is 0 Å². The molecule has 0 spiro atoms. The maximum Gasteiger partial charge on any atom is 0.0998 e. The molecule has 2 aromatic carbocycles. The van der Waals surface area contributed by atoms with Gasteiger partial charge in [-0.1, -0.05) is 36.4 Å². The van der Waals surface area contributed by atoms with Crippen LogP contribution in [0, 0.1) is 22.7 Å². The van der Waals surface area contributed by atoms with Gasteiger partial charge >= 0.3 is 0 Å². The Morgan fingerprint density at radius 1 is 1.12 bits per heavy atom. The van der Waals surface area contributed by atoms with Crippen molar-refractivity contribution in [3.8, 4) is 12.1 Å². The Kier molecular flexibility index (Phi) is 4.27. The number of aromatic nitrogens is 1. The van der Waals surface area contributed by atoms with Gasteiger partial charge in [-0.3, -0.25) is 0 Å². The highest BCUT2D eigenvalue weighted by Gasteiger charge is 2.08. The summed E-state index contributed by atoms with van der Waals surface area (Å²) in [4.78, 5) is 0. The van der Waals surface area contributed by atoms with Crippen molar-refractivity contribution < 1.29 is 0 Å². The molecule has 1 heterocycles. The summed E-state index contributed by atoms with van der Waals surface area (Å²) >= 11 is 0. The van der Waals surface area contributed by atoms with Gasteiger partial charge in [-0.2, -0.15) is 10.5 Å². The third kappa shape index (κ3) is 2.84. The van der Waals surface area contributed by atoms with Crippen LogP contribution in [-0.4, -0.2) is 4.57 Å². The first-order chi connectivity index (χ1) is 11.8. The molecular weight excluding hydrogens is 294 g/mol. The molecule has 0 atom stereocenters. The normalized spacial score (nSPS) is 11.0. The van der Waals surface area contributed by atoms with Gasteiger partial charge in [0.25, 0.3) is 0 Å². The van der Waals surface area contributed by atoms with Crippen LogP contribution in [0.4, 0.5) is 0 Å². The summed E-state index contributed by atoms with van der Waals surface area (Å²) in [5, 5.41) is 19.7. The van der Waals surface area contributed by atoms with Crippen LogP contribution in [0.1, 0.15) is 16.7 Å². The molecular formula is C21H15N3. The number of nitrogens with zero attached hydrogens (tertiary/aromatic N) is 3.